The number of aliphatic hydroxyl groups excluding tert-OH is 1. The molecule has 11 nitrogen and oxygen atoms in total. The number of esters is 3. The third-order valence-electron chi connectivity index (χ3n) is 14.4. The van der Waals surface area contributed by atoms with Crippen molar-refractivity contribution < 1.29 is 52.2 Å². The van der Waals surface area contributed by atoms with Crippen LogP contribution in [0.1, 0.15) is 316 Å². The summed E-state index contributed by atoms with van der Waals surface area (Å²) in [4.78, 5) is 48.8. The molecule has 0 bridgehead atoms. The van der Waals surface area contributed by atoms with E-state index in [4.69, 9.17) is 23.3 Å². The standard InChI is InChI=1S/C68H123O11P/c1-4-7-10-13-16-19-22-25-28-30-32-34-37-39-42-45-48-51-54-57-66(70)75-61-65(79-68(72)59-56-53-50-47-44-41-38-35-33-31-29-26-23-20-17-14-11-8-5-2)63-77-80(73,74)76-62-64(60-69)78-67(71)58-55-52-49-46-43-40-36-27-24-21-18-15-12-9-6-3/h17,20,25-29,33,35-36,64-65,69H,4-16,18-19,21-24,30-32,34,37-63H2,1-3H3,(H,73,74)/b20-17-,28-25-,29-26-,35-33-,36-27-. The Balaban J connectivity index is 4.72. The largest absolute Gasteiger partial charge is 0.472 e. The van der Waals surface area contributed by atoms with E-state index in [1.807, 2.05) is 0 Å². The Morgan fingerprint density at radius 2 is 0.613 bits per heavy atom. The molecule has 0 aromatic carbocycles. The average Bonchev–Trinajstić information content (AvgIpc) is 3.45. The Morgan fingerprint density at radius 3 is 0.975 bits per heavy atom. The van der Waals surface area contributed by atoms with Crippen molar-refractivity contribution in [1.82, 2.24) is 0 Å². The second-order valence-electron chi connectivity index (χ2n) is 22.3. The van der Waals surface area contributed by atoms with Crippen LogP contribution in [0, 0.1) is 0 Å². The van der Waals surface area contributed by atoms with Gasteiger partial charge in [-0.1, -0.05) is 248 Å². The van der Waals surface area contributed by atoms with Crippen molar-refractivity contribution in [2.45, 2.75) is 328 Å². The molecule has 3 unspecified atom stereocenters. The molecule has 0 aromatic heterocycles. The second-order valence-corrected chi connectivity index (χ2v) is 23.7. The summed E-state index contributed by atoms with van der Waals surface area (Å²) in [7, 11) is -4.76. The van der Waals surface area contributed by atoms with E-state index in [2.05, 4.69) is 81.5 Å². The molecule has 0 rings (SSSR count). The van der Waals surface area contributed by atoms with Crippen molar-refractivity contribution in [1.29, 1.82) is 0 Å². The summed E-state index contributed by atoms with van der Waals surface area (Å²) in [5.41, 5.74) is 0. The van der Waals surface area contributed by atoms with Crippen LogP contribution < -0.4 is 0 Å². The molecule has 0 radical (unpaired) electrons. The zero-order valence-corrected chi connectivity index (χ0v) is 52.7. The molecule has 0 aliphatic rings. The van der Waals surface area contributed by atoms with Gasteiger partial charge < -0.3 is 24.2 Å². The van der Waals surface area contributed by atoms with Crippen LogP contribution >= 0.6 is 7.82 Å². The van der Waals surface area contributed by atoms with Crippen LogP contribution in [0.15, 0.2) is 60.8 Å². The molecule has 80 heavy (non-hydrogen) atoms. The van der Waals surface area contributed by atoms with Crippen LogP contribution in [0.3, 0.4) is 0 Å². The first-order valence-corrected chi connectivity index (χ1v) is 34.7. The van der Waals surface area contributed by atoms with Gasteiger partial charge in [0.15, 0.2) is 6.10 Å². The molecule has 3 atom stereocenters. The van der Waals surface area contributed by atoms with E-state index in [1.165, 1.54) is 148 Å². The minimum atomic E-state index is -4.76. The molecule has 0 aliphatic heterocycles. The van der Waals surface area contributed by atoms with E-state index in [9.17, 15) is 28.9 Å². The van der Waals surface area contributed by atoms with Crippen molar-refractivity contribution in [2.24, 2.45) is 0 Å². The number of rotatable bonds is 62. The normalized spacial score (nSPS) is 13.6. The number of ether oxygens (including phenoxy) is 3. The maximum atomic E-state index is 13.0. The van der Waals surface area contributed by atoms with Gasteiger partial charge in [-0.05, 0) is 109 Å². The highest BCUT2D eigenvalue weighted by molar-refractivity contribution is 7.47. The van der Waals surface area contributed by atoms with Crippen molar-refractivity contribution in [3.63, 3.8) is 0 Å². The van der Waals surface area contributed by atoms with Gasteiger partial charge in [-0.2, -0.15) is 0 Å². The predicted octanol–water partition coefficient (Wildman–Crippen LogP) is 20.3. The zero-order chi connectivity index (χ0) is 58.3. The Kier molecular flexibility index (Phi) is 60.0. The lowest BCUT2D eigenvalue weighted by Gasteiger charge is -2.21. The van der Waals surface area contributed by atoms with Gasteiger partial charge in [0, 0.05) is 19.3 Å². The van der Waals surface area contributed by atoms with Crippen LogP contribution in [-0.4, -0.2) is 66.5 Å². The maximum Gasteiger partial charge on any atom is 0.472 e. The smallest absolute Gasteiger partial charge is 0.462 e. The molecular formula is C68H123O11P. The van der Waals surface area contributed by atoms with Gasteiger partial charge in [0.05, 0.1) is 19.8 Å². The fraction of sp³-hybridized carbons (Fsp3) is 0.809. The monoisotopic (exact) mass is 1150 g/mol. The Hall–Kier alpha value is -2.82. The molecule has 0 spiro atoms. The Bertz CT molecular complexity index is 1570. The number of carbonyl (C=O) groups excluding carboxylic acids is 3. The molecule has 2 N–H and O–H groups in total. The fourth-order valence-corrected chi connectivity index (χ4v) is 10.1. The van der Waals surface area contributed by atoms with Gasteiger partial charge >= 0.3 is 25.7 Å². The minimum Gasteiger partial charge on any atom is -0.462 e. The molecule has 466 valence electrons. The summed E-state index contributed by atoms with van der Waals surface area (Å²) in [6, 6.07) is 0. The van der Waals surface area contributed by atoms with Crippen LogP contribution in [0.5, 0.6) is 0 Å². The summed E-state index contributed by atoms with van der Waals surface area (Å²) in [6.07, 6.45) is 70.2. The maximum absolute atomic E-state index is 13.0. The van der Waals surface area contributed by atoms with E-state index in [1.54, 1.807) is 0 Å². The summed E-state index contributed by atoms with van der Waals surface area (Å²) in [5, 5.41) is 9.85. The lowest BCUT2D eigenvalue weighted by atomic mass is 10.1. The second kappa shape index (κ2) is 62.2. The number of phosphoric acid groups is 1. The Morgan fingerprint density at radius 1 is 0.350 bits per heavy atom. The highest BCUT2D eigenvalue weighted by Gasteiger charge is 2.28. The fourth-order valence-electron chi connectivity index (χ4n) is 9.30. The number of hydrogen-bond acceptors (Lipinski definition) is 10. The van der Waals surface area contributed by atoms with Gasteiger partial charge in [-0.3, -0.25) is 23.4 Å². The molecule has 0 heterocycles. The first kappa shape index (κ1) is 77.2. The SMILES string of the molecule is CCCCC/C=C\C/C=C\C/C=C\CCCCCCCCC(=O)OC(COC(=O)CCCCCCCCCCC/C=C\CCCCCCCC)COP(=O)(O)OCC(CO)OC(=O)CCCCCCC/C=C\CCCCCCCC. The molecule has 12 heteroatoms. The van der Waals surface area contributed by atoms with Crippen LogP contribution in [0.2, 0.25) is 0 Å². The first-order chi connectivity index (χ1) is 39.2. The first-order valence-electron chi connectivity index (χ1n) is 33.2. The lowest BCUT2D eigenvalue weighted by molar-refractivity contribution is -0.161. The van der Waals surface area contributed by atoms with Gasteiger partial charge in [-0.15, -0.1) is 0 Å². The third-order valence-corrected chi connectivity index (χ3v) is 15.3. The highest BCUT2D eigenvalue weighted by Crippen LogP contribution is 2.43. The molecule has 0 aromatic rings. The number of phosphoric ester groups is 1. The summed E-state index contributed by atoms with van der Waals surface area (Å²) in [5.74, 6) is -1.47. The summed E-state index contributed by atoms with van der Waals surface area (Å²) in [6.45, 7) is 4.64. The molecular weight excluding hydrogens is 1020 g/mol. The molecule has 0 saturated carbocycles. The van der Waals surface area contributed by atoms with Crippen molar-refractivity contribution in [2.75, 3.05) is 26.4 Å². The van der Waals surface area contributed by atoms with E-state index >= 15 is 0 Å². The number of aliphatic hydroxyl groups is 1. The van der Waals surface area contributed by atoms with Gasteiger partial charge in [-0.25, -0.2) is 4.57 Å². The van der Waals surface area contributed by atoms with Crippen LogP contribution in [0.4, 0.5) is 0 Å². The van der Waals surface area contributed by atoms with Crippen molar-refractivity contribution >= 4 is 25.7 Å². The highest BCUT2D eigenvalue weighted by atomic mass is 31.2. The van der Waals surface area contributed by atoms with Gasteiger partial charge in [0.1, 0.15) is 12.7 Å². The van der Waals surface area contributed by atoms with E-state index in [0.29, 0.717) is 19.3 Å². The van der Waals surface area contributed by atoms with Crippen LogP contribution in [0.25, 0.3) is 0 Å². The van der Waals surface area contributed by atoms with Crippen LogP contribution in [-0.2, 0) is 42.2 Å². The lowest BCUT2D eigenvalue weighted by Crippen LogP contribution is -2.30. The zero-order valence-electron chi connectivity index (χ0n) is 51.8. The quantitative estimate of drug-likeness (QED) is 0.0197. The van der Waals surface area contributed by atoms with E-state index < -0.39 is 57.8 Å². The van der Waals surface area contributed by atoms with E-state index in [0.717, 1.165) is 109 Å². The number of unbranched alkanes of at least 4 members (excludes halogenated alkanes) is 35. The van der Waals surface area contributed by atoms with Crippen molar-refractivity contribution in [3.8, 4) is 0 Å². The number of hydrogen-bond donors (Lipinski definition) is 2. The van der Waals surface area contributed by atoms with Crippen molar-refractivity contribution in [3.05, 3.63) is 60.8 Å². The number of carbonyl (C=O) groups is 3. The minimum absolute atomic E-state index is 0.153. The topological polar surface area (TPSA) is 155 Å². The third kappa shape index (κ3) is 59.8. The summed E-state index contributed by atoms with van der Waals surface area (Å²) < 4.78 is 39.7. The molecule has 0 aliphatic carbocycles. The molecule has 0 fully saturated rings. The van der Waals surface area contributed by atoms with Gasteiger partial charge in [0.2, 0.25) is 0 Å². The predicted molar refractivity (Wildman–Crippen MR) is 335 cm³/mol. The van der Waals surface area contributed by atoms with Gasteiger partial charge in [0.25, 0.3) is 0 Å². The summed E-state index contributed by atoms with van der Waals surface area (Å²) >= 11 is 0. The average molecular weight is 1150 g/mol. The number of allylic oxidation sites excluding steroid dienone is 10. The molecule has 0 saturated heterocycles. The van der Waals surface area contributed by atoms with E-state index in [-0.39, 0.29) is 25.9 Å². The molecule has 0 amide bonds. The Labute approximate surface area is 491 Å².